The molecule has 14 rings (SSSR count). The Bertz CT molecular complexity index is 4550. The van der Waals surface area contributed by atoms with Gasteiger partial charge in [-0.3, -0.25) is 4.57 Å². The number of para-hydroxylation sites is 3. The smallest absolute Gasteiger partial charge is 0.268 e. The average molecular weight is 1210 g/mol. The summed E-state index contributed by atoms with van der Waals surface area (Å²) in [7, 11) is 0. The molecule has 0 N–H and O–H groups in total. The molecule has 1 aliphatic rings. The van der Waals surface area contributed by atoms with E-state index in [9.17, 15) is 0 Å². The molecule has 5 heterocycles. The molecule has 79 heavy (non-hydrogen) atoms. The summed E-state index contributed by atoms with van der Waals surface area (Å²) in [6.07, 6.45) is 5.99. The van der Waals surface area contributed by atoms with Gasteiger partial charge < -0.3 is 18.4 Å². The third kappa shape index (κ3) is 8.17. The second kappa shape index (κ2) is 18.4. The second-order valence-electron chi connectivity index (χ2n) is 24.1. The molecule has 390 valence electrons. The molecular weight excluding hydrogens is 1150 g/mol. The van der Waals surface area contributed by atoms with Gasteiger partial charge in [0.2, 0.25) is 0 Å². The van der Waals surface area contributed by atoms with Gasteiger partial charge in [-0.05, 0) is 120 Å². The summed E-state index contributed by atoms with van der Waals surface area (Å²) in [4.78, 5) is 4.92. The number of pyridine rings is 1. The molecule has 0 fully saturated rings. The largest absolute Gasteiger partial charge is 0.510 e. The van der Waals surface area contributed by atoms with E-state index in [1.807, 2.05) is 18.3 Å². The van der Waals surface area contributed by atoms with Crippen molar-refractivity contribution in [3.05, 3.63) is 229 Å². The molecule has 0 saturated carbocycles. The van der Waals surface area contributed by atoms with Crippen LogP contribution in [0, 0.1) is 18.5 Å². The van der Waals surface area contributed by atoms with Crippen LogP contribution < -0.4 is 9.30 Å². The molecule has 0 amide bonds. The van der Waals surface area contributed by atoms with E-state index < -0.39 is 0 Å². The Morgan fingerprint density at radius 1 is 0.430 bits per heavy atom. The minimum atomic E-state index is -0.196. The van der Waals surface area contributed by atoms with Crippen molar-refractivity contribution in [2.45, 2.75) is 78.6 Å². The third-order valence-corrected chi connectivity index (χ3v) is 16.0. The fourth-order valence-electron chi connectivity index (χ4n) is 11.9. The van der Waals surface area contributed by atoms with E-state index in [4.69, 9.17) is 9.72 Å². The predicted octanol–water partition coefficient (Wildman–Crippen LogP) is 17.9. The Labute approximate surface area is 476 Å². The number of hydrogen-bond donors (Lipinski definition) is 0. The summed E-state index contributed by atoms with van der Waals surface area (Å²) >= 11 is 0. The van der Waals surface area contributed by atoms with Gasteiger partial charge in [0, 0.05) is 55.1 Å². The van der Waals surface area contributed by atoms with E-state index in [1.165, 1.54) is 38.6 Å². The van der Waals surface area contributed by atoms with Gasteiger partial charge in [-0.1, -0.05) is 183 Å². The number of benzene rings is 9. The van der Waals surface area contributed by atoms with Gasteiger partial charge >= 0.3 is 0 Å². The van der Waals surface area contributed by atoms with E-state index >= 15 is 0 Å². The molecule has 6 nitrogen and oxygen atoms in total. The van der Waals surface area contributed by atoms with Crippen LogP contribution in [-0.4, -0.2) is 18.7 Å². The molecule has 0 aliphatic carbocycles. The first-order valence-corrected chi connectivity index (χ1v) is 27.1. The second-order valence-corrected chi connectivity index (χ2v) is 24.1. The van der Waals surface area contributed by atoms with Crippen molar-refractivity contribution in [1.29, 1.82) is 0 Å². The standard InChI is InChI=1S/C72H59N5O.Pt/c1-70(2,3)45-35-36-73-67(41-45)77-63-32-19-16-29-57(63)58-34-33-50(43-64(58)77)78-49-22-20-21-48(42-49)74-44-75-68-59(37-46(39-65(68)74)71(4,5)6)53-25-12-10-23-51(53)52-24-11-13-26-54(52)60-38-47(72(7,8)9)40-66(69(60)75)76-61-30-17-14-27-55(61)56-28-15-18-31-62(56)76;/h10-41H,1-9H3;/q-2;. The Kier molecular flexibility index (Phi) is 11.7. The molecule has 0 unspecified atom stereocenters. The van der Waals surface area contributed by atoms with Crippen LogP contribution in [0.4, 0.5) is 0 Å². The predicted molar refractivity (Wildman–Crippen MR) is 320 cm³/mol. The zero-order chi connectivity index (χ0) is 53.4. The number of hydrogen-bond acceptors (Lipinski definition) is 2. The summed E-state index contributed by atoms with van der Waals surface area (Å²) < 4.78 is 16.1. The summed E-state index contributed by atoms with van der Waals surface area (Å²) in [5.74, 6) is 1.99. The van der Waals surface area contributed by atoms with E-state index in [2.05, 4.69) is 275 Å². The Balaban J connectivity index is 0.00000591. The number of rotatable bonds is 5. The van der Waals surface area contributed by atoms with Crippen LogP contribution in [0.5, 0.6) is 11.5 Å². The molecule has 7 heteroatoms. The molecule has 0 atom stereocenters. The van der Waals surface area contributed by atoms with E-state index in [0.29, 0.717) is 11.5 Å². The van der Waals surface area contributed by atoms with Gasteiger partial charge in [-0.15, -0.1) is 29.7 Å². The molecule has 9 aromatic carbocycles. The van der Waals surface area contributed by atoms with E-state index in [0.717, 1.165) is 89.0 Å². The zero-order valence-electron chi connectivity index (χ0n) is 45.9. The Morgan fingerprint density at radius 3 is 1.57 bits per heavy atom. The maximum absolute atomic E-state index is 6.88. The summed E-state index contributed by atoms with van der Waals surface area (Å²) in [6, 6.07) is 75.8. The van der Waals surface area contributed by atoms with Crippen molar-refractivity contribution in [3.8, 4) is 67.8 Å². The van der Waals surface area contributed by atoms with Gasteiger partial charge in [0.25, 0.3) is 6.33 Å². The van der Waals surface area contributed by atoms with Gasteiger partial charge in [0.1, 0.15) is 5.82 Å². The number of imidazole rings is 1. The molecule has 0 radical (unpaired) electrons. The van der Waals surface area contributed by atoms with Crippen LogP contribution in [0.25, 0.3) is 111 Å². The maximum atomic E-state index is 6.88. The van der Waals surface area contributed by atoms with Gasteiger partial charge in [-0.2, -0.15) is 18.2 Å². The first-order valence-electron chi connectivity index (χ1n) is 27.1. The van der Waals surface area contributed by atoms with Gasteiger partial charge in [-0.25, -0.2) is 4.98 Å². The topological polar surface area (TPSA) is 40.8 Å². The van der Waals surface area contributed by atoms with E-state index in [1.54, 1.807) is 0 Å². The molecule has 1 aliphatic heterocycles. The number of ether oxygens (including phenoxy) is 1. The summed E-state index contributed by atoms with van der Waals surface area (Å²) in [6.45, 7) is 20.6. The molecule has 4 aromatic heterocycles. The van der Waals surface area contributed by atoms with Crippen molar-refractivity contribution in [2.24, 2.45) is 0 Å². The van der Waals surface area contributed by atoms with Crippen LogP contribution in [0.3, 0.4) is 0 Å². The van der Waals surface area contributed by atoms with Crippen LogP contribution in [-0.2, 0) is 37.3 Å². The fourth-order valence-corrected chi connectivity index (χ4v) is 11.9. The first-order chi connectivity index (χ1) is 37.6. The van der Waals surface area contributed by atoms with Gasteiger partial charge in [0.15, 0.2) is 0 Å². The number of nitrogens with zero attached hydrogens (tertiary/aromatic N) is 5. The average Bonchev–Trinajstić information content (AvgIpc) is 4.31. The molecular formula is C72H59N5OPt-2. The Hall–Kier alpha value is -8.31. The van der Waals surface area contributed by atoms with Crippen molar-refractivity contribution in [2.75, 3.05) is 0 Å². The van der Waals surface area contributed by atoms with Crippen LogP contribution in [0.15, 0.2) is 194 Å². The number of fused-ring (bicyclic) bond motifs is 13. The monoisotopic (exact) mass is 1200 g/mol. The van der Waals surface area contributed by atoms with E-state index in [-0.39, 0.29) is 37.3 Å². The SMILES string of the molecule is CC(C)(C)c1ccnc(-n2c3[c-]c(Oc4[c-]c(-n5[c-][n+]6c7c(cc(C(C)(C)C)cc75)-c5ccccc5-c5ccccc5-c5cc(C(C)(C)C)cc(-n7c8ccccc8c8ccccc87)c5-6)ccc4)ccc3c3ccccc32)c1.[Pt]. The minimum Gasteiger partial charge on any atom is -0.510 e. The van der Waals surface area contributed by atoms with Crippen molar-refractivity contribution < 1.29 is 30.4 Å². The molecule has 0 spiro atoms. The van der Waals surface area contributed by atoms with Crippen LogP contribution in [0.2, 0.25) is 0 Å². The molecule has 13 aromatic rings. The van der Waals surface area contributed by atoms with Crippen molar-refractivity contribution in [1.82, 2.24) is 18.7 Å². The fraction of sp³-hybridized carbons (Fsp3) is 0.167. The normalized spacial score (nSPS) is 12.5. The number of aromatic nitrogens is 5. The Morgan fingerprint density at radius 2 is 0.949 bits per heavy atom. The first kappa shape index (κ1) is 50.2. The minimum absolute atomic E-state index is 0. The summed E-state index contributed by atoms with van der Waals surface area (Å²) in [5.41, 5.74) is 19.4. The molecule has 0 bridgehead atoms. The zero-order valence-corrected chi connectivity index (χ0v) is 48.2. The van der Waals surface area contributed by atoms with Crippen molar-refractivity contribution in [3.63, 3.8) is 0 Å². The van der Waals surface area contributed by atoms with Gasteiger partial charge in [0.05, 0.1) is 33.4 Å². The maximum Gasteiger partial charge on any atom is 0.268 e. The van der Waals surface area contributed by atoms with Crippen LogP contribution >= 0.6 is 0 Å². The van der Waals surface area contributed by atoms with Crippen LogP contribution in [0.1, 0.15) is 79.0 Å². The summed E-state index contributed by atoms with van der Waals surface area (Å²) in [5, 5.41) is 4.63. The third-order valence-electron chi connectivity index (χ3n) is 16.0. The molecule has 0 saturated heterocycles. The quantitative estimate of drug-likeness (QED) is 0.127. The van der Waals surface area contributed by atoms with Crippen molar-refractivity contribution >= 4 is 54.6 Å².